The van der Waals surface area contributed by atoms with Gasteiger partial charge in [0.25, 0.3) is 5.91 Å². The molecule has 2 heterocycles. The van der Waals surface area contributed by atoms with E-state index >= 15 is 0 Å². The highest BCUT2D eigenvalue weighted by Gasteiger charge is 2.11. The number of carbonyl (C=O) groups excluding carboxylic acids is 1. The first kappa shape index (κ1) is 14.3. The van der Waals surface area contributed by atoms with Crippen molar-refractivity contribution in [2.75, 3.05) is 11.9 Å². The van der Waals surface area contributed by atoms with E-state index in [1.54, 1.807) is 18.5 Å². The third kappa shape index (κ3) is 3.68. The second-order valence-corrected chi connectivity index (χ2v) is 4.53. The molecule has 0 atom stereocenters. The number of halogens is 1. The lowest BCUT2D eigenvalue weighted by Gasteiger charge is -2.09. The molecule has 5 nitrogen and oxygen atoms in total. The van der Waals surface area contributed by atoms with Crippen molar-refractivity contribution in [1.82, 2.24) is 15.3 Å². The molecule has 0 unspecified atom stereocenters. The topological polar surface area (TPSA) is 66.9 Å². The first-order chi connectivity index (χ1) is 9.70. The SMILES string of the molecule is CCNc1cc(C(=O)NCc2ccncc2)c(Cl)cn1. The maximum absolute atomic E-state index is 12.1. The second-order valence-electron chi connectivity index (χ2n) is 4.12. The second kappa shape index (κ2) is 6.86. The Morgan fingerprint density at radius 3 is 2.80 bits per heavy atom. The van der Waals surface area contributed by atoms with Crippen molar-refractivity contribution < 1.29 is 4.79 Å². The number of carbonyl (C=O) groups is 1. The molecule has 0 fully saturated rings. The number of rotatable bonds is 5. The zero-order chi connectivity index (χ0) is 14.4. The summed E-state index contributed by atoms with van der Waals surface area (Å²) in [5, 5.41) is 6.20. The standard InChI is InChI=1S/C14H15ClN4O/c1-2-17-13-7-11(12(15)9-18-13)14(20)19-8-10-3-5-16-6-4-10/h3-7,9H,2,8H2,1H3,(H,17,18)(H,19,20). The van der Waals surface area contributed by atoms with Gasteiger partial charge in [0.05, 0.1) is 10.6 Å². The Bertz CT molecular complexity index is 589. The van der Waals surface area contributed by atoms with Crippen LogP contribution in [0.4, 0.5) is 5.82 Å². The highest BCUT2D eigenvalue weighted by atomic mass is 35.5. The van der Waals surface area contributed by atoms with Crippen LogP contribution in [0.2, 0.25) is 5.02 Å². The maximum atomic E-state index is 12.1. The zero-order valence-corrected chi connectivity index (χ0v) is 11.8. The molecule has 0 saturated carbocycles. The van der Waals surface area contributed by atoms with Crippen LogP contribution in [0.25, 0.3) is 0 Å². The van der Waals surface area contributed by atoms with E-state index in [0.717, 1.165) is 12.1 Å². The smallest absolute Gasteiger partial charge is 0.253 e. The molecule has 0 radical (unpaired) electrons. The zero-order valence-electron chi connectivity index (χ0n) is 11.1. The minimum Gasteiger partial charge on any atom is -0.370 e. The van der Waals surface area contributed by atoms with Gasteiger partial charge in [-0.25, -0.2) is 4.98 Å². The number of pyridine rings is 2. The minimum atomic E-state index is -0.228. The number of amides is 1. The lowest BCUT2D eigenvalue weighted by atomic mass is 10.2. The summed E-state index contributed by atoms with van der Waals surface area (Å²) < 4.78 is 0. The quantitative estimate of drug-likeness (QED) is 0.888. The van der Waals surface area contributed by atoms with Crippen molar-refractivity contribution >= 4 is 23.3 Å². The third-order valence-electron chi connectivity index (χ3n) is 2.66. The van der Waals surface area contributed by atoms with Crippen LogP contribution in [0.5, 0.6) is 0 Å². The highest BCUT2D eigenvalue weighted by molar-refractivity contribution is 6.33. The van der Waals surface area contributed by atoms with Gasteiger partial charge in [-0.2, -0.15) is 0 Å². The lowest BCUT2D eigenvalue weighted by molar-refractivity contribution is 0.0951. The van der Waals surface area contributed by atoms with Crippen LogP contribution in [-0.2, 0) is 6.54 Å². The number of hydrogen-bond donors (Lipinski definition) is 2. The number of nitrogens with one attached hydrogen (secondary N) is 2. The summed E-state index contributed by atoms with van der Waals surface area (Å²) in [7, 11) is 0. The van der Waals surface area contributed by atoms with Gasteiger partial charge in [-0.1, -0.05) is 11.6 Å². The van der Waals surface area contributed by atoms with Crippen molar-refractivity contribution in [2.24, 2.45) is 0 Å². The summed E-state index contributed by atoms with van der Waals surface area (Å²) in [6.45, 7) is 3.11. The number of aromatic nitrogens is 2. The third-order valence-corrected chi connectivity index (χ3v) is 2.96. The molecule has 1 amide bonds. The van der Waals surface area contributed by atoms with E-state index < -0.39 is 0 Å². The Labute approximate surface area is 122 Å². The average molecular weight is 291 g/mol. The molecule has 6 heteroatoms. The molecular formula is C14H15ClN4O. The van der Waals surface area contributed by atoms with Gasteiger partial charge in [-0.15, -0.1) is 0 Å². The van der Waals surface area contributed by atoms with Gasteiger partial charge in [0.2, 0.25) is 0 Å². The van der Waals surface area contributed by atoms with Crippen molar-refractivity contribution in [1.29, 1.82) is 0 Å². The molecular weight excluding hydrogens is 276 g/mol. The predicted octanol–water partition coefficient (Wildman–Crippen LogP) is 2.49. The molecule has 0 bridgehead atoms. The molecule has 0 aliphatic heterocycles. The summed E-state index contributed by atoms with van der Waals surface area (Å²) in [6, 6.07) is 5.34. The monoisotopic (exact) mass is 290 g/mol. The molecule has 2 aromatic heterocycles. The van der Waals surface area contributed by atoms with E-state index in [1.807, 2.05) is 19.1 Å². The van der Waals surface area contributed by atoms with Gasteiger partial charge >= 0.3 is 0 Å². The maximum Gasteiger partial charge on any atom is 0.253 e. The fraction of sp³-hybridized carbons (Fsp3) is 0.214. The van der Waals surface area contributed by atoms with Crippen LogP contribution < -0.4 is 10.6 Å². The van der Waals surface area contributed by atoms with Gasteiger partial charge in [0, 0.05) is 31.7 Å². The summed E-state index contributed by atoms with van der Waals surface area (Å²) in [5.74, 6) is 0.402. The molecule has 0 aromatic carbocycles. The number of anilines is 1. The van der Waals surface area contributed by atoms with Crippen LogP contribution >= 0.6 is 11.6 Å². The number of nitrogens with zero attached hydrogens (tertiary/aromatic N) is 2. The van der Waals surface area contributed by atoms with Crippen LogP contribution in [0.3, 0.4) is 0 Å². The van der Waals surface area contributed by atoms with Crippen LogP contribution in [0.15, 0.2) is 36.8 Å². The molecule has 2 aromatic rings. The Kier molecular flexibility index (Phi) is 4.90. The van der Waals surface area contributed by atoms with E-state index in [4.69, 9.17) is 11.6 Å². The molecule has 104 valence electrons. The van der Waals surface area contributed by atoms with E-state index in [2.05, 4.69) is 20.6 Å². The van der Waals surface area contributed by atoms with Crippen molar-refractivity contribution in [2.45, 2.75) is 13.5 Å². The summed E-state index contributed by atoms with van der Waals surface area (Å²) in [4.78, 5) is 20.2. The fourth-order valence-corrected chi connectivity index (χ4v) is 1.86. The minimum absolute atomic E-state index is 0.228. The molecule has 0 aliphatic carbocycles. The van der Waals surface area contributed by atoms with Crippen LogP contribution in [0, 0.1) is 0 Å². The summed E-state index contributed by atoms with van der Waals surface area (Å²) in [6.07, 6.45) is 4.84. The molecule has 2 rings (SSSR count). The molecule has 2 N–H and O–H groups in total. The predicted molar refractivity (Wildman–Crippen MR) is 78.8 cm³/mol. The van der Waals surface area contributed by atoms with E-state index in [9.17, 15) is 4.79 Å². The van der Waals surface area contributed by atoms with Gasteiger partial charge < -0.3 is 10.6 Å². The van der Waals surface area contributed by atoms with E-state index in [1.165, 1.54) is 6.20 Å². The van der Waals surface area contributed by atoms with Crippen molar-refractivity contribution in [3.63, 3.8) is 0 Å². The Balaban J connectivity index is 2.06. The van der Waals surface area contributed by atoms with Crippen molar-refractivity contribution in [3.8, 4) is 0 Å². The van der Waals surface area contributed by atoms with Gasteiger partial charge in [-0.05, 0) is 30.7 Å². The lowest BCUT2D eigenvalue weighted by Crippen LogP contribution is -2.23. The van der Waals surface area contributed by atoms with Gasteiger partial charge in [0.15, 0.2) is 0 Å². The first-order valence-corrected chi connectivity index (χ1v) is 6.65. The molecule has 0 aliphatic rings. The van der Waals surface area contributed by atoms with Gasteiger partial charge in [0.1, 0.15) is 5.82 Å². The summed E-state index contributed by atoms with van der Waals surface area (Å²) in [5.41, 5.74) is 1.39. The Morgan fingerprint density at radius 1 is 1.35 bits per heavy atom. The normalized spacial score (nSPS) is 10.1. The number of hydrogen-bond acceptors (Lipinski definition) is 4. The largest absolute Gasteiger partial charge is 0.370 e. The molecule has 0 saturated heterocycles. The summed E-state index contributed by atoms with van der Waals surface area (Å²) >= 11 is 6.01. The van der Waals surface area contributed by atoms with E-state index in [-0.39, 0.29) is 5.91 Å². The Morgan fingerprint density at radius 2 is 2.10 bits per heavy atom. The molecule has 20 heavy (non-hydrogen) atoms. The molecule has 0 spiro atoms. The van der Waals surface area contributed by atoms with E-state index in [0.29, 0.717) is 22.9 Å². The first-order valence-electron chi connectivity index (χ1n) is 6.27. The highest BCUT2D eigenvalue weighted by Crippen LogP contribution is 2.18. The van der Waals surface area contributed by atoms with Gasteiger partial charge in [-0.3, -0.25) is 9.78 Å². The van der Waals surface area contributed by atoms with Crippen LogP contribution in [0.1, 0.15) is 22.8 Å². The fourth-order valence-electron chi connectivity index (χ4n) is 1.67. The van der Waals surface area contributed by atoms with Crippen molar-refractivity contribution in [3.05, 3.63) is 52.9 Å². The van der Waals surface area contributed by atoms with Crippen LogP contribution in [-0.4, -0.2) is 22.4 Å². The average Bonchev–Trinajstić information content (AvgIpc) is 2.48. The Hall–Kier alpha value is -2.14.